The molecule has 2 heterocycles. The maximum absolute atomic E-state index is 13.0. The fourth-order valence-electron chi connectivity index (χ4n) is 2.96. The molecule has 0 bridgehead atoms. The molecule has 2 aromatic carbocycles. The quantitative estimate of drug-likeness (QED) is 0.525. The molecule has 6 nitrogen and oxygen atoms in total. The number of aromatic nitrogens is 3. The van der Waals surface area contributed by atoms with Crippen LogP contribution in [-0.4, -0.2) is 26.9 Å². The highest BCUT2D eigenvalue weighted by Crippen LogP contribution is 2.24. The Hall–Kier alpha value is -3.67. The molecule has 0 unspecified atom stereocenters. The van der Waals surface area contributed by atoms with Crippen LogP contribution >= 0.6 is 0 Å². The zero-order valence-electron chi connectivity index (χ0n) is 14.7. The molecule has 0 aliphatic carbocycles. The van der Waals surface area contributed by atoms with E-state index in [0.717, 1.165) is 5.69 Å². The third-order valence-corrected chi connectivity index (χ3v) is 4.22. The lowest BCUT2D eigenvalue weighted by Crippen LogP contribution is -2.15. The molecule has 2 aromatic rings. The van der Waals surface area contributed by atoms with Gasteiger partial charge in [0.05, 0.1) is 17.9 Å². The molecule has 6 heteroatoms. The highest BCUT2D eigenvalue weighted by atomic mass is 16.5. The van der Waals surface area contributed by atoms with Crippen molar-refractivity contribution in [2.75, 3.05) is 6.61 Å². The van der Waals surface area contributed by atoms with Crippen molar-refractivity contribution >= 4 is 5.97 Å². The summed E-state index contributed by atoms with van der Waals surface area (Å²) in [6.07, 6.45) is 3.35. The summed E-state index contributed by atoms with van der Waals surface area (Å²) in [5, 5.41) is 4.41. The summed E-state index contributed by atoms with van der Waals surface area (Å²) in [6.45, 7) is 1.98. The summed E-state index contributed by atoms with van der Waals surface area (Å²) in [6, 6.07) is 18.6. The van der Waals surface area contributed by atoms with E-state index >= 15 is 0 Å². The second-order valence-corrected chi connectivity index (χ2v) is 5.95. The van der Waals surface area contributed by atoms with E-state index in [0.29, 0.717) is 16.9 Å². The predicted octanol–water partition coefficient (Wildman–Crippen LogP) is 3.30. The Morgan fingerprint density at radius 2 is 1.59 bits per heavy atom. The minimum absolute atomic E-state index is 0.240. The van der Waals surface area contributed by atoms with Gasteiger partial charge in [-0.2, -0.15) is 9.78 Å². The molecule has 134 valence electrons. The highest BCUT2D eigenvalue weighted by molar-refractivity contribution is 5.96. The summed E-state index contributed by atoms with van der Waals surface area (Å²) < 4.78 is 8.23. The van der Waals surface area contributed by atoms with Crippen LogP contribution in [0.1, 0.15) is 17.3 Å². The lowest BCUT2D eigenvalue weighted by Gasteiger charge is -2.12. The van der Waals surface area contributed by atoms with E-state index in [1.54, 1.807) is 36.0 Å². The number of ether oxygens (including phenoxy) is 1. The largest absolute Gasteiger partial charge is 0.462 e. The standard InChI is InChI=1S/C21H17N3O3/c1-2-27-21(26)18-14-23(15-9-5-3-6-10-15)13-17-19(18)22-24(20(17)25)16-11-7-4-8-12-16/h3-14H,2H2,1H3. The number of esters is 1. The highest BCUT2D eigenvalue weighted by Gasteiger charge is 2.25. The van der Waals surface area contributed by atoms with Crippen LogP contribution in [0.15, 0.2) is 77.9 Å². The van der Waals surface area contributed by atoms with Crippen molar-refractivity contribution in [3.63, 3.8) is 0 Å². The normalized spacial score (nSPS) is 10.9. The lowest BCUT2D eigenvalue weighted by atomic mass is 10.1. The van der Waals surface area contributed by atoms with Gasteiger partial charge in [-0.25, -0.2) is 4.79 Å². The Labute approximate surface area is 155 Å². The number of para-hydroxylation sites is 2. The first kappa shape index (κ1) is 16.8. The van der Waals surface area contributed by atoms with E-state index in [1.807, 2.05) is 48.5 Å². The average molecular weight is 359 g/mol. The van der Waals surface area contributed by atoms with Crippen molar-refractivity contribution in [3.8, 4) is 22.6 Å². The summed E-state index contributed by atoms with van der Waals surface area (Å²) in [7, 11) is 0. The minimum atomic E-state index is -0.509. The number of hydrogen-bond donors (Lipinski definition) is 0. The third kappa shape index (κ3) is 3.01. The monoisotopic (exact) mass is 359 g/mol. The van der Waals surface area contributed by atoms with Gasteiger partial charge in [-0.15, -0.1) is 0 Å². The van der Waals surface area contributed by atoms with Crippen molar-refractivity contribution in [2.45, 2.75) is 6.92 Å². The van der Waals surface area contributed by atoms with Gasteiger partial charge in [-0.1, -0.05) is 36.4 Å². The number of benzene rings is 2. The van der Waals surface area contributed by atoms with Gasteiger partial charge in [-0.3, -0.25) is 4.79 Å². The van der Waals surface area contributed by atoms with Gasteiger partial charge in [0, 0.05) is 18.1 Å². The number of fused-ring (bicyclic) bond motifs is 1. The molecule has 0 aromatic heterocycles. The second-order valence-electron chi connectivity index (χ2n) is 5.95. The summed E-state index contributed by atoms with van der Waals surface area (Å²) in [5.41, 5.74) is 2.12. The maximum Gasteiger partial charge on any atom is 0.341 e. The molecule has 0 radical (unpaired) electrons. The lowest BCUT2D eigenvalue weighted by molar-refractivity contribution is 0.0526. The number of carbonyl (C=O) groups is 1. The van der Waals surface area contributed by atoms with Crippen LogP contribution in [0.25, 0.3) is 22.6 Å². The second kappa shape index (κ2) is 6.92. The third-order valence-electron chi connectivity index (χ3n) is 4.22. The van der Waals surface area contributed by atoms with E-state index in [-0.39, 0.29) is 17.7 Å². The molecule has 0 atom stereocenters. The predicted molar refractivity (Wildman–Crippen MR) is 102 cm³/mol. The molecular weight excluding hydrogens is 342 g/mol. The minimum Gasteiger partial charge on any atom is -0.462 e. The first-order valence-electron chi connectivity index (χ1n) is 8.62. The van der Waals surface area contributed by atoms with Crippen LogP contribution in [0, 0.1) is 0 Å². The summed E-state index contributed by atoms with van der Waals surface area (Å²) in [4.78, 5) is 25.5. The average Bonchev–Trinajstić information content (AvgIpc) is 3.05. The molecule has 0 spiro atoms. The number of pyridine rings is 1. The van der Waals surface area contributed by atoms with Crippen molar-refractivity contribution in [2.24, 2.45) is 0 Å². The SMILES string of the molecule is CCOC(=O)c1cn(-c2ccccc2)cc2c(=O)n(-c3ccccc3)nc1-2. The first-order chi connectivity index (χ1) is 13.2. The molecule has 0 saturated heterocycles. The molecule has 0 saturated carbocycles. The first-order valence-corrected chi connectivity index (χ1v) is 8.62. The topological polar surface area (TPSA) is 66.1 Å². The number of nitrogens with zero attached hydrogens (tertiary/aromatic N) is 3. The van der Waals surface area contributed by atoms with E-state index in [2.05, 4.69) is 5.10 Å². The van der Waals surface area contributed by atoms with Crippen molar-refractivity contribution in [1.29, 1.82) is 0 Å². The van der Waals surface area contributed by atoms with Gasteiger partial charge in [0.15, 0.2) is 0 Å². The molecule has 4 rings (SSSR count). The van der Waals surface area contributed by atoms with Crippen molar-refractivity contribution in [3.05, 3.63) is 89.0 Å². The number of rotatable bonds is 4. The Morgan fingerprint density at radius 1 is 0.963 bits per heavy atom. The smallest absolute Gasteiger partial charge is 0.341 e. The van der Waals surface area contributed by atoms with Crippen LogP contribution in [0.2, 0.25) is 0 Å². The number of carbonyl (C=O) groups excluding carboxylic acids is 1. The molecule has 2 aliphatic heterocycles. The maximum atomic E-state index is 13.0. The Kier molecular flexibility index (Phi) is 4.30. The van der Waals surface area contributed by atoms with Crippen molar-refractivity contribution < 1.29 is 9.53 Å². The van der Waals surface area contributed by atoms with Gasteiger partial charge >= 0.3 is 5.97 Å². The Balaban J connectivity index is 1.98. The van der Waals surface area contributed by atoms with E-state index in [9.17, 15) is 9.59 Å². The molecule has 0 amide bonds. The van der Waals surface area contributed by atoms with Crippen LogP contribution < -0.4 is 5.56 Å². The molecular formula is C21H17N3O3. The molecule has 27 heavy (non-hydrogen) atoms. The van der Waals surface area contributed by atoms with Crippen LogP contribution in [0.4, 0.5) is 0 Å². The van der Waals surface area contributed by atoms with Gasteiger partial charge < -0.3 is 9.30 Å². The zero-order valence-corrected chi connectivity index (χ0v) is 14.7. The van der Waals surface area contributed by atoms with Crippen LogP contribution in [0.3, 0.4) is 0 Å². The van der Waals surface area contributed by atoms with E-state index < -0.39 is 5.97 Å². The van der Waals surface area contributed by atoms with Gasteiger partial charge in [-0.05, 0) is 31.2 Å². The van der Waals surface area contributed by atoms with Gasteiger partial charge in [0.25, 0.3) is 5.56 Å². The zero-order chi connectivity index (χ0) is 18.8. The Bertz CT molecular complexity index is 1110. The fraction of sp³-hybridized carbons (Fsp3) is 0.0952. The van der Waals surface area contributed by atoms with Crippen molar-refractivity contribution in [1.82, 2.24) is 14.3 Å². The summed E-state index contributed by atoms with van der Waals surface area (Å²) in [5.74, 6) is -0.509. The Morgan fingerprint density at radius 3 is 2.22 bits per heavy atom. The molecule has 0 fully saturated rings. The van der Waals surface area contributed by atoms with Gasteiger partial charge in [0.1, 0.15) is 11.3 Å². The fourth-order valence-corrected chi connectivity index (χ4v) is 2.96. The molecule has 0 N–H and O–H groups in total. The van der Waals surface area contributed by atoms with Crippen LogP contribution in [-0.2, 0) is 4.74 Å². The van der Waals surface area contributed by atoms with Crippen LogP contribution in [0.5, 0.6) is 0 Å². The van der Waals surface area contributed by atoms with E-state index in [4.69, 9.17) is 4.74 Å². The molecule has 2 aliphatic rings. The van der Waals surface area contributed by atoms with Gasteiger partial charge in [0.2, 0.25) is 0 Å². The number of hydrogen-bond acceptors (Lipinski definition) is 4. The summed E-state index contributed by atoms with van der Waals surface area (Å²) >= 11 is 0. The van der Waals surface area contributed by atoms with E-state index in [1.165, 1.54) is 4.68 Å².